The van der Waals surface area contributed by atoms with Crippen molar-refractivity contribution in [1.29, 1.82) is 0 Å². The van der Waals surface area contributed by atoms with Crippen LogP contribution in [-0.4, -0.2) is 38.4 Å². The Morgan fingerprint density at radius 2 is 2.00 bits per heavy atom. The molecule has 0 radical (unpaired) electrons. The quantitative estimate of drug-likeness (QED) is 0.464. The van der Waals surface area contributed by atoms with Crippen LogP contribution in [0.2, 0.25) is 0 Å². The first-order valence-electron chi connectivity index (χ1n) is 4.65. The van der Waals surface area contributed by atoms with Crippen LogP contribution in [-0.2, 0) is 4.84 Å². The molecule has 0 fully saturated rings. The molecule has 0 atom stereocenters. The van der Waals surface area contributed by atoms with E-state index in [0.29, 0.717) is 6.04 Å². The van der Waals surface area contributed by atoms with Crippen molar-refractivity contribution in [3.8, 4) is 0 Å². The summed E-state index contributed by atoms with van der Waals surface area (Å²) < 4.78 is 0. The zero-order valence-corrected chi connectivity index (χ0v) is 8.76. The second-order valence-corrected chi connectivity index (χ2v) is 3.35. The molecule has 0 aromatic carbocycles. The Kier molecular flexibility index (Phi) is 7.45. The molecule has 0 aromatic heterocycles. The van der Waals surface area contributed by atoms with Crippen molar-refractivity contribution < 1.29 is 4.84 Å². The van der Waals surface area contributed by atoms with Gasteiger partial charge in [0.05, 0.1) is 7.11 Å². The molecule has 0 rings (SSSR count). The molecule has 0 bridgehead atoms. The van der Waals surface area contributed by atoms with Crippen molar-refractivity contribution in [2.45, 2.75) is 32.7 Å². The van der Waals surface area contributed by atoms with Gasteiger partial charge in [0, 0.05) is 19.6 Å². The van der Waals surface area contributed by atoms with Gasteiger partial charge in [-0.1, -0.05) is 13.8 Å². The van der Waals surface area contributed by atoms with E-state index in [1.807, 2.05) is 12.1 Å². The van der Waals surface area contributed by atoms with Crippen molar-refractivity contribution in [3.05, 3.63) is 0 Å². The maximum absolute atomic E-state index is 4.99. The first-order valence-corrected chi connectivity index (χ1v) is 4.65. The molecule has 0 amide bonds. The SMILES string of the molecule is CON(C)CCCCNC(C)C. The van der Waals surface area contributed by atoms with E-state index < -0.39 is 0 Å². The summed E-state index contributed by atoms with van der Waals surface area (Å²) in [7, 11) is 3.66. The Balaban J connectivity index is 3.00. The summed E-state index contributed by atoms with van der Waals surface area (Å²) in [6, 6.07) is 0.602. The van der Waals surface area contributed by atoms with Gasteiger partial charge < -0.3 is 10.2 Å². The molecule has 0 aliphatic heterocycles. The van der Waals surface area contributed by atoms with Gasteiger partial charge in [-0.2, -0.15) is 5.06 Å². The van der Waals surface area contributed by atoms with E-state index in [1.165, 1.54) is 12.8 Å². The lowest BCUT2D eigenvalue weighted by molar-refractivity contribution is -0.109. The third-order valence-electron chi connectivity index (χ3n) is 1.76. The highest BCUT2D eigenvalue weighted by Crippen LogP contribution is 1.91. The fraction of sp³-hybridized carbons (Fsp3) is 1.00. The molecule has 0 spiro atoms. The average molecular weight is 174 g/mol. The highest BCUT2D eigenvalue weighted by Gasteiger charge is 1.95. The number of hydrogen-bond acceptors (Lipinski definition) is 3. The van der Waals surface area contributed by atoms with E-state index in [2.05, 4.69) is 19.2 Å². The minimum Gasteiger partial charge on any atom is -0.315 e. The topological polar surface area (TPSA) is 24.5 Å². The molecule has 0 heterocycles. The molecule has 0 saturated heterocycles. The highest BCUT2D eigenvalue weighted by molar-refractivity contribution is 4.53. The van der Waals surface area contributed by atoms with E-state index in [-0.39, 0.29) is 0 Å². The van der Waals surface area contributed by atoms with E-state index in [0.717, 1.165) is 13.1 Å². The fourth-order valence-electron chi connectivity index (χ4n) is 0.941. The molecule has 0 aromatic rings. The van der Waals surface area contributed by atoms with Gasteiger partial charge in [0.2, 0.25) is 0 Å². The summed E-state index contributed by atoms with van der Waals surface area (Å²) in [5.74, 6) is 0. The van der Waals surface area contributed by atoms with Crippen molar-refractivity contribution in [3.63, 3.8) is 0 Å². The number of nitrogens with zero attached hydrogens (tertiary/aromatic N) is 1. The van der Waals surface area contributed by atoms with Crippen LogP contribution in [0.15, 0.2) is 0 Å². The molecular weight excluding hydrogens is 152 g/mol. The van der Waals surface area contributed by atoms with Crippen LogP contribution in [0.1, 0.15) is 26.7 Å². The number of nitrogens with one attached hydrogen (secondary N) is 1. The van der Waals surface area contributed by atoms with Gasteiger partial charge >= 0.3 is 0 Å². The zero-order chi connectivity index (χ0) is 9.40. The van der Waals surface area contributed by atoms with Crippen LogP contribution in [0.3, 0.4) is 0 Å². The average Bonchev–Trinajstić information content (AvgIpc) is 2.03. The molecule has 3 nitrogen and oxygen atoms in total. The lowest BCUT2D eigenvalue weighted by Crippen LogP contribution is -2.25. The third-order valence-corrected chi connectivity index (χ3v) is 1.76. The third kappa shape index (κ3) is 7.98. The summed E-state index contributed by atoms with van der Waals surface area (Å²) >= 11 is 0. The van der Waals surface area contributed by atoms with E-state index in [1.54, 1.807) is 7.11 Å². The highest BCUT2D eigenvalue weighted by atomic mass is 16.7. The predicted octanol–water partition coefficient (Wildman–Crippen LogP) is 1.26. The standard InChI is InChI=1S/C9H22N2O/c1-9(2)10-7-5-6-8-11(3)12-4/h9-10H,5-8H2,1-4H3. The smallest absolute Gasteiger partial charge is 0.0575 e. The van der Waals surface area contributed by atoms with Gasteiger partial charge in [-0.3, -0.25) is 0 Å². The van der Waals surface area contributed by atoms with Gasteiger partial charge in [0.15, 0.2) is 0 Å². The summed E-state index contributed by atoms with van der Waals surface area (Å²) in [5, 5.41) is 5.23. The monoisotopic (exact) mass is 174 g/mol. The minimum absolute atomic E-state index is 0.602. The molecule has 0 saturated carbocycles. The van der Waals surface area contributed by atoms with Crippen LogP contribution in [0.4, 0.5) is 0 Å². The van der Waals surface area contributed by atoms with Gasteiger partial charge in [0.1, 0.15) is 0 Å². The van der Waals surface area contributed by atoms with E-state index >= 15 is 0 Å². The van der Waals surface area contributed by atoms with Crippen LogP contribution in [0.25, 0.3) is 0 Å². The number of hydrogen-bond donors (Lipinski definition) is 1. The van der Waals surface area contributed by atoms with Gasteiger partial charge in [-0.05, 0) is 19.4 Å². The molecule has 0 unspecified atom stereocenters. The lowest BCUT2D eigenvalue weighted by atomic mass is 10.3. The van der Waals surface area contributed by atoms with Crippen LogP contribution in [0, 0.1) is 0 Å². The normalized spacial score (nSPS) is 11.5. The number of unbranched alkanes of at least 4 members (excludes halogenated alkanes) is 1. The van der Waals surface area contributed by atoms with Crippen molar-refractivity contribution in [2.24, 2.45) is 0 Å². The van der Waals surface area contributed by atoms with Gasteiger partial charge in [-0.15, -0.1) is 0 Å². The first kappa shape index (κ1) is 11.9. The van der Waals surface area contributed by atoms with E-state index in [9.17, 15) is 0 Å². The fourth-order valence-corrected chi connectivity index (χ4v) is 0.941. The Morgan fingerprint density at radius 1 is 1.33 bits per heavy atom. The Labute approximate surface area is 76.0 Å². The number of rotatable bonds is 7. The molecule has 0 aliphatic carbocycles. The van der Waals surface area contributed by atoms with Gasteiger partial charge in [-0.25, -0.2) is 0 Å². The molecule has 1 N–H and O–H groups in total. The maximum Gasteiger partial charge on any atom is 0.0575 e. The predicted molar refractivity (Wildman–Crippen MR) is 52.0 cm³/mol. The van der Waals surface area contributed by atoms with Crippen molar-refractivity contribution >= 4 is 0 Å². The molecular formula is C9H22N2O. The van der Waals surface area contributed by atoms with Crippen LogP contribution >= 0.6 is 0 Å². The molecule has 74 valence electrons. The molecule has 3 heteroatoms. The summed E-state index contributed by atoms with van der Waals surface area (Å²) in [5.41, 5.74) is 0. The maximum atomic E-state index is 4.99. The first-order chi connectivity index (χ1) is 5.66. The van der Waals surface area contributed by atoms with Crippen LogP contribution < -0.4 is 5.32 Å². The summed E-state index contributed by atoms with van der Waals surface area (Å²) in [6.45, 7) is 6.45. The second-order valence-electron chi connectivity index (χ2n) is 3.35. The minimum atomic E-state index is 0.602. The van der Waals surface area contributed by atoms with E-state index in [4.69, 9.17) is 4.84 Å². The largest absolute Gasteiger partial charge is 0.315 e. The second kappa shape index (κ2) is 7.53. The lowest BCUT2D eigenvalue weighted by Gasteiger charge is -2.13. The Bertz CT molecular complexity index is 96.5. The zero-order valence-electron chi connectivity index (χ0n) is 8.76. The number of hydroxylamine groups is 2. The van der Waals surface area contributed by atoms with Crippen LogP contribution in [0.5, 0.6) is 0 Å². The Hall–Kier alpha value is -0.120. The Morgan fingerprint density at radius 3 is 2.50 bits per heavy atom. The molecule has 12 heavy (non-hydrogen) atoms. The van der Waals surface area contributed by atoms with Crippen molar-refractivity contribution in [1.82, 2.24) is 10.4 Å². The summed E-state index contributed by atoms with van der Waals surface area (Å²) in [6.07, 6.45) is 2.40. The van der Waals surface area contributed by atoms with Gasteiger partial charge in [0.25, 0.3) is 0 Å². The summed E-state index contributed by atoms with van der Waals surface area (Å²) in [4.78, 5) is 4.99. The molecule has 0 aliphatic rings. The van der Waals surface area contributed by atoms with Crippen molar-refractivity contribution in [2.75, 3.05) is 27.2 Å².